The van der Waals surface area contributed by atoms with E-state index in [1.807, 2.05) is 0 Å². The molecule has 6 nitrogen and oxygen atoms in total. The van der Waals surface area contributed by atoms with Gasteiger partial charge in [-0.2, -0.15) is 0 Å². The van der Waals surface area contributed by atoms with Crippen molar-refractivity contribution in [1.29, 1.82) is 0 Å². The zero-order valence-corrected chi connectivity index (χ0v) is 8.45. The van der Waals surface area contributed by atoms with E-state index in [1.165, 1.54) is 6.92 Å². The molecule has 0 aromatic carbocycles. The fraction of sp³-hybridized carbons (Fsp3) is 0.429. The molecule has 0 rings (SSSR count). The van der Waals surface area contributed by atoms with Gasteiger partial charge in [-0.15, -0.1) is 0 Å². The molecule has 0 bridgehead atoms. The second kappa shape index (κ2) is 6.23. The van der Waals surface area contributed by atoms with Crippen molar-refractivity contribution >= 4 is 19.7 Å². The van der Waals surface area contributed by atoms with Crippen molar-refractivity contribution in [3.05, 3.63) is 11.8 Å². The Morgan fingerprint density at radius 1 is 1.50 bits per heavy atom. The Balaban J connectivity index is 4.41. The summed E-state index contributed by atoms with van der Waals surface area (Å²) in [6.07, 6.45) is 0.533. The predicted octanol–water partition coefficient (Wildman–Crippen LogP) is -0.132. The van der Waals surface area contributed by atoms with Crippen LogP contribution in [0.25, 0.3) is 0 Å². The van der Waals surface area contributed by atoms with E-state index in [2.05, 4.69) is 5.32 Å². The maximum absolute atomic E-state index is 10.8. The van der Waals surface area contributed by atoms with E-state index in [9.17, 15) is 14.2 Å². The predicted molar refractivity (Wildman–Crippen MR) is 49.1 cm³/mol. The van der Waals surface area contributed by atoms with Crippen LogP contribution in [0.4, 0.5) is 0 Å². The maximum atomic E-state index is 10.8. The molecule has 0 aliphatic heterocycles. The number of carboxylic acids is 1. The highest BCUT2D eigenvalue weighted by molar-refractivity contribution is 7.44. The van der Waals surface area contributed by atoms with Crippen molar-refractivity contribution in [3.8, 4) is 0 Å². The topological polar surface area (TPSA) is 104 Å². The Hall–Kier alpha value is -1.26. The summed E-state index contributed by atoms with van der Waals surface area (Å²) >= 11 is 0. The first-order valence-electron chi connectivity index (χ1n) is 3.71. The number of aliphatic hydroxyl groups is 1. The number of carbonyl (C=O) groups is 2. The minimum atomic E-state index is -1.85. The van der Waals surface area contributed by atoms with Gasteiger partial charge in [0.15, 0.2) is 6.16 Å². The second-order valence-corrected chi connectivity index (χ2v) is 4.02. The maximum Gasteiger partial charge on any atom is 0.370 e. The van der Waals surface area contributed by atoms with Gasteiger partial charge in [0.25, 0.3) is 0 Å². The molecular weight excluding hydrogens is 209 g/mol. The fourth-order valence-corrected chi connectivity index (χ4v) is 1.13. The molecule has 0 saturated heterocycles. The smallest absolute Gasteiger partial charge is 0.370 e. The fourth-order valence-electron chi connectivity index (χ4n) is 0.632. The third-order valence-corrected chi connectivity index (χ3v) is 2.10. The number of aliphatic hydroxyl groups excluding tert-OH is 1. The molecule has 1 atom stereocenters. The molecular formula is C7H11NO5P+. The molecule has 1 amide bonds. The lowest BCUT2D eigenvalue weighted by molar-refractivity contribution is -0.134. The summed E-state index contributed by atoms with van der Waals surface area (Å²) in [4.78, 5) is 21.0. The van der Waals surface area contributed by atoms with E-state index in [4.69, 9.17) is 10.2 Å². The first-order valence-corrected chi connectivity index (χ1v) is 5.34. The summed E-state index contributed by atoms with van der Waals surface area (Å²) < 4.78 is 10.8. The van der Waals surface area contributed by atoms with Gasteiger partial charge >= 0.3 is 13.8 Å². The first kappa shape index (κ1) is 12.7. The van der Waals surface area contributed by atoms with Gasteiger partial charge < -0.3 is 15.5 Å². The standard InChI is InChI=1S/C7H10NO5P/c1-5(10)8-6(7(11)12)2-3-14(13)4-9/h2,9H,3-4H2,1H3,(H-,8,10,11,12)/p+1. The van der Waals surface area contributed by atoms with Crippen molar-refractivity contribution in [3.63, 3.8) is 0 Å². The molecule has 0 aliphatic rings. The van der Waals surface area contributed by atoms with Crippen molar-refractivity contribution in [2.45, 2.75) is 6.92 Å². The number of amides is 1. The van der Waals surface area contributed by atoms with E-state index in [-0.39, 0.29) is 11.9 Å². The third-order valence-electron chi connectivity index (χ3n) is 1.20. The average Bonchev–Trinajstić information content (AvgIpc) is 2.10. The number of hydrogen-bond donors (Lipinski definition) is 3. The molecule has 1 unspecified atom stereocenters. The Labute approximate surface area is 81.4 Å². The van der Waals surface area contributed by atoms with Crippen LogP contribution >= 0.6 is 7.80 Å². The van der Waals surface area contributed by atoms with Crippen molar-refractivity contribution in [1.82, 2.24) is 5.32 Å². The molecule has 0 radical (unpaired) electrons. The summed E-state index contributed by atoms with van der Waals surface area (Å²) in [5.41, 5.74) is -0.325. The largest absolute Gasteiger partial charge is 0.477 e. The summed E-state index contributed by atoms with van der Waals surface area (Å²) in [6, 6.07) is 0. The van der Waals surface area contributed by atoms with Crippen LogP contribution in [0, 0.1) is 0 Å². The van der Waals surface area contributed by atoms with Gasteiger partial charge in [-0.3, -0.25) is 4.79 Å². The van der Waals surface area contributed by atoms with Crippen LogP contribution in [0.1, 0.15) is 6.92 Å². The number of aliphatic carboxylic acids is 1. The number of allylic oxidation sites excluding steroid dienone is 1. The number of hydrogen-bond acceptors (Lipinski definition) is 4. The SMILES string of the molecule is CC(=O)NC(=CC[P+](=O)CO)C(=O)O. The van der Waals surface area contributed by atoms with E-state index in [0.717, 1.165) is 6.08 Å². The minimum absolute atomic E-state index is 0.0756. The monoisotopic (exact) mass is 220 g/mol. The average molecular weight is 220 g/mol. The van der Waals surface area contributed by atoms with Gasteiger partial charge in [-0.05, 0) is 6.08 Å². The van der Waals surface area contributed by atoms with Gasteiger partial charge in [0.1, 0.15) is 5.70 Å². The normalized spacial score (nSPS) is 12.1. The summed E-state index contributed by atoms with van der Waals surface area (Å²) in [7, 11) is -1.85. The lowest BCUT2D eigenvalue weighted by Gasteiger charge is -1.99. The Morgan fingerprint density at radius 3 is 2.43 bits per heavy atom. The third kappa shape index (κ3) is 5.40. The summed E-state index contributed by atoms with van der Waals surface area (Å²) in [5, 5.41) is 19.1. The molecule has 7 heteroatoms. The molecule has 0 aromatic heterocycles. The quantitative estimate of drug-likeness (QED) is 0.442. The lowest BCUT2D eigenvalue weighted by Crippen LogP contribution is -2.24. The van der Waals surface area contributed by atoms with Crippen molar-refractivity contribution in [2.24, 2.45) is 0 Å². The van der Waals surface area contributed by atoms with Gasteiger partial charge in [-0.1, -0.05) is 4.57 Å². The van der Waals surface area contributed by atoms with Crippen LogP contribution in [0.3, 0.4) is 0 Å². The highest BCUT2D eigenvalue weighted by atomic mass is 31.1. The first-order chi connectivity index (χ1) is 6.47. The molecule has 0 aromatic rings. The van der Waals surface area contributed by atoms with Gasteiger partial charge in [0.2, 0.25) is 12.3 Å². The van der Waals surface area contributed by atoms with E-state index in [1.54, 1.807) is 0 Å². The summed E-state index contributed by atoms with van der Waals surface area (Å²) in [6.45, 7) is 1.17. The van der Waals surface area contributed by atoms with Crippen LogP contribution in [0.2, 0.25) is 0 Å². The van der Waals surface area contributed by atoms with Gasteiger partial charge in [0.05, 0.1) is 0 Å². The molecule has 0 saturated carbocycles. The lowest BCUT2D eigenvalue weighted by atomic mass is 10.4. The zero-order valence-electron chi connectivity index (χ0n) is 7.56. The number of nitrogens with one attached hydrogen (secondary N) is 1. The van der Waals surface area contributed by atoms with Crippen LogP contribution in [-0.2, 0) is 14.2 Å². The Bertz CT molecular complexity index is 286. The molecule has 3 N–H and O–H groups in total. The second-order valence-electron chi connectivity index (χ2n) is 2.41. The Morgan fingerprint density at radius 2 is 2.07 bits per heavy atom. The summed E-state index contributed by atoms with van der Waals surface area (Å²) in [5.74, 6) is -1.82. The molecule has 0 fully saturated rings. The molecule has 0 spiro atoms. The molecule has 14 heavy (non-hydrogen) atoms. The van der Waals surface area contributed by atoms with E-state index in [0.29, 0.717) is 0 Å². The number of carboxylic acid groups (broad SMARTS) is 1. The van der Waals surface area contributed by atoms with Crippen LogP contribution < -0.4 is 5.32 Å². The van der Waals surface area contributed by atoms with Crippen molar-refractivity contribution < 1.29 is 24.4 Å². The Kier molecular flexibility index (Phi) is 5.67. The molecule has 0 heterocycles. The zero-order chi connectivity index (χ0) is 11.1. The number of rotatable bonds is 5. The minimum Gasteiger partial charge on any atom is -0.477 e. The highest BCUT2D eigenvalue weighted by Gasteiger charge is 2.14. The van der Waals surface area contributed by atoms with E-state index >= 15 is 0 Å². The van der Waals surface area contributed by atoms with E-state index < -0.39 is 26.0 Å². The number of carbonyl (C=O) groups excluding carboxylic acids is 1. The van der Waals surface area contributed by atoms with Crippen LogP contribution in [0.5, 0.6) is 0 Å². The van der Waals surface area contributed by atoms with Crippen molar-refractivity contribution in [2.75, 3.05) is 12.5 Å². The van der Waals surface area contributed by atoms with Gasteiger partial charge in [-0.25, -0.2) is 4.79 Å². The highest BCUT2D eigenvalue weighted by Crippen LogP contribution is 2.17. The van der Waals surface area contributed by atoms with Crippen LogP contribution in [0.15, 0.2) is 11.8 Å². The van der Waals surface area contributed by atoms with Gasteiger partial charge in [0, 0.05) is 6.92 Å². The molecule has 78 valence electrons. The van der Waals surface area contributed by atoms with Crippen LogP contribution in [-0.4, -0.2) is 34.6 Å². The molecule has 0 aliphatic carbocycles.